The van der Waals surface area contributed by atoms with Crippen LogP contribution in [0, 0.1) is 6.92 Å². The van der Waals surface area contributed by atoms with Crippen LogP contribution in [0.4, 0.5) is 0 Å². The summed E-state index contributed by atoms with van der Waals surface area (Å²) in [4.78, 5) is 3.91. The highest BCUT2D eigenvalue weighted by molar-refractivity contribution is 7.89. The fourth-order valence-corrected chi connectivity index (χ4v) is 2.53. The molecule has 0 saturated heterocycles. The number of hydrogen-bond acceptors (Lipinski definition) is 4. The Morgan fingerprint density at radius 1 is 1.19 bits per heavy atom. The van der Waals surface area contributed by atoms with E-state index < -0.39 is 10.0 Å². The van der Waals surface area contributed by atoms with E-state index in [1.807, 2.05) is 25.1 Å². The molecule has 6 heteroatoms. The van der Waals surface area contributed by atoms with Gasteiger partial charge in [0.2, 0.25) is 15.9 Å². The Hall–Kier alpha value is -1.92. The van der Waals surface area contributed by atoms with E-state index in [-0.39, 0.29) is 4.90 Å². The molecule has 21 heavy (non-hydrogen) atoms. The van der Waals surface area contributed by atoms with Gasteiger partial charge in [0.25, 0.3) is 0 Å². The number of aromatic nitrogens is 1. The zero-order valence-corrected chi connectivity index (χ0v) is 13.0. The molecule has 0 radical (unpaired) electrons. The van der Waals surface area contributed by atoms with Crippen molar-refractivity contribution in [3.8, 4) is 11.6 Å². The van der Waals surface area contributed by atoms with Crippen molar-refractivity contribution in [3.05, 3.63) is 47.7 Å². The maximum atomic E-state index is 11.1. The molecule has 112 valence electrons. The van der Waals surface area contributed by atoms with Crippen molar-refractivity contribution in [2.24, 2.45) is 5.14 Å². The van der Waals surface area contributed by atoms with E-state index in [1.165, 1.54) is 23.9 Å². The molecule has 0 atom stereocenters. The second-order valence-corrected chi connectivity index (χ2v) is 6.71. The number of rotatable bonds is 4. The maximum Gasteiger partial charge on any atom is 0.239 e. The Kier molecular flexibility index (Phi) is 4.29. The first-order valence-electron chi connectivity index (χ1n) is 6.54. The fraction of sp³-hybridized carbons (Fsp3) is 0.267. The third-order valence-electron chi connectivity index (χ3n) is 3.12. The molecule has 2 rings (SSSR count). The number of hydrogen-bond donors (Lipinski definition) is 1. The minimum Gasteiger partial charge on any atom is -0.439 e. The smallest absolute Gasteiger partial charge is 0.239 e. The summed E-state index contributed by atoms with van der Waals surface area (Å²) in [6, 6.07) is 8.68. The molecule has 0 saturated carbocycles. The fourth-order valence-electron chi connectivity index (χ4n) is 2.08. The average Bonchev–Trinajstić information content (AvgIpc) is 2.38. The molecule has 0 aliphatic rings. The quantitative estimate of drug-likeness (QED) is 0.941. The van der Waals surface area contributed by atoms with E-state index in [1.54, 1.807) is 0 Å². The topological polar surface area (TPSA) is 82.3 Å². The molecule has 0 spiro atoms. The van der Waals surface area contributed by atoms with Gasteiger partial charge in [-0.15, -0.1) is 0 Å². The summed E-state index contributed by atoms with van der Waals surface area (Å²) in [5.74, 6) is 1.43. The van der Waals surface area contributed by atoms with Crippen molar-refractivity contribution in [3.63, 3.8) is 0 Å². The average molecular weight is 306 g/mol. The van der Waals surface area contributed by atoms with Crippen LogP contribution in [0.25, 0.3) is 0 Å². The van der Waals surface area contributed by atoms with Gasteiger partial charge in [0, 0.05) is 6.07 Å². The van der Waals surface area contributed by atoms with Crippen molar-refractivity contribution in [1.29, 1.82) is 0 Å². The van der Waals surface area contributed by atoms with E-state index in [4.69, 9.17) is 9.88 Å². The van der Waals surface area contributed by atoms with Gasteiger partial charge in [-0.1, -0.05) is 19.9 Å². The third kappa shape index (κ3) is 3.80. The van der Waals surface area contributed by atoms with Crippen LogP contribution in [0.15, 0.2) is 41.4 Å². The number of pyridine rings is 1. The number of nitrogens with two attached hydrogens (primary N) is 1. The monoisotopic (exact) mass is 306 g/mol. The summed E-state index contributed by atoms with van der Waals surface area (Å²) in [7, 11) is -3.73. The molecule has 0 aliphatic heterocycles. The highest BCUT2D eigenvalue weighted by atomic mass is 32.2. The third-order valence-corrected chi connectivity index (χ3v) is 4.02. The van der Waals surface area contributed by atoms with Gasteiger partial charge in [0.1, 0.15) is 10.6 Å². The lowest BCUT2D eigenvalue weighted by atomic mass is 9.98. The molecule has 1 aromatic carbocycles. The zero-order chi connectivity index (χ0) is 15.6. The lowest BCUT2D eigenvalue weighted by Crippen LogP contribution is -2.12. The number of benzene rings is 1. The van der Waals surface area contributed by atoms with Crippen LogP contribution in [0.2, 0.25) is 0 Å². The zero-order valence-electron chi connectivity index (χ0n) is 12.2. The number of ether oxygens (including phenoxy) is 1. The second kappa shape index (κ2) is 5.83. The van der Waals surface area contributed by atoms with Crippen LogP contribution in [0.3, 0.4) is 0 Å². The summed E-state index contributed by atoms with van der Waals surface area (Å²) in [6.07, 6.45) is 1.18. The predicted octanol–water partition coefficient (Wildman–Crippen LogP) is 2.95. The Labute approximate surface area is 124 Å². The van der Waals surface area contributed by atoms with E-state index in [0.717, 1.165) is 5.56 Å². The highest BCUT2D eigenvalue weighted by Gasteiger charge is 2.09. The summed E-state index contributed by atoms with van der Waals surface area (Å²) in [5.41, 5.74) is 2.41. The minimum atomic E-state index is -3.73. The molecule has 2 aromatic rings. The van der Waals surface area contributed by atoms with E-state index >= 15 is 0 Å². The van der Waals surface area contributed by atoms with Gasteiger partial charge >= 0.3 is 0 Å². The number of primary sulfonamides is 1. The Morgan fingerprint density at radius 3 is 2.38 bits per heavy atom. The van der Waals surface area contributed by atoms with Crippen LogP contribution >= 0.6 is 0 Å². The standard InChI is InChI=1S/C15H18N2O3S/c1-10(2)14-6-4-12(8-11(14)3)20-15-7-5-13(9-17-15)21(16,18)19/h4-10H,1-3H3,(H2,16,18,19). The Bertz CT molecular complexity index is 738. The van der Waals surface area contributed by atoms with Crippen molar-refractivity contribution in [2.45, 2.75) is 31.6 Å². The van der Waals surface area contributed by atoms with E-state index in [2.05, 4.69) is 18.8 Å². The van der Waals surface area contributed by atoms with Gasteiger partial charge in [-0.25, -0.2) is 18.5 Å². The van der Waals surface area contributed by atoms with Gasteiger partial charge in [-0.2, -0.15) is 0 Å². The molecule has 2 N–H and O–H groups in total. The minimum absolute atomic E-state index is 0.0406. The molecular formula is C15H18N2O3S. The second-order valence-electron chi connectivity index (χ2n) is 5.15. The molecule has 0 fully saturated rings. The molecule has 5 nitrogen and oxygen atoms in total. The molecule has 0 unspecified atom stereocenters. The summed E-state index contributed by atoms with van der Waals surface area (Å²) in [5, 5.41) is 5.02. The SMILES string of the molecule is Cc1cc(Oc2ccc(S(N)(=O)=O)cn2)ccc1C(C)C. The summed E-state index contributed by atoms with van der Waals surface area (Å²) >= 11 is 0. The predicted molar refractivity (Wildman–Crippen MR) is 81.0 cm³/mol. The van der Waals surface area contributed by atoms with Crippen molar-refractivity contribution < 1.29 is 13.2 Å². The van der Waals surface area contributed by atoms with Crippen LogP contribution in [0.5, 0.6) is 11.6 Å². The molecule has 1 heterocycles. The van der Waals surface area contributed by atoms with Crippen molar-refractivity contribution in [1.82, 2.24) is 4.98 Å². The Balaban J connectivity index is 2.21. The van der Waals surface area contributed by atoms with Crippen molar-refractivity contribution >= 4 is 10.0 Å². The summed E-state index contributed by atoms with van der Waals surface area (Å²) in [6.45, 7) is 6.30. The van der Waals surface area contributed by atoms with Crippen LogP contribution in [-0.2, 0) is 10.0 Å². The van der Waals surface area contributed by atoms with Crippen LogP contribution in [0.1, 0.15) is 30.9 Å². The number of aryl methyl sites for hydroxylation is 1. The lowest BCUT2D eigenvalue weighted by molar-refractivity contribution is 0.461. The number of sulfonamides is 1. The number of nitrogens with zero attached hydrogens (tertiary/aromatic N) is 1. The maximum absolute atomic E-state index is 11.1. The van der Waals surface area contributed by atoms with E-state index in [9.17, 15) is 8.42 Å². The van der Waals surface area contributed by atoms with Gasteiger partial charge in [-0.3, -0.25) is 0 Å². The molecule has 0 bridgehead atoms. The first kappa shape index (κ1) is 15.5. The van der Waals surface area contributed by atoms with Gasteiger partial charge in [-0.05, 0) is 42.2 Å². The first-order chi connectivity index (χ1) is 9.77. The molecule has 0 aliphatic carbocycles. The van der Waals surface area contributed by atoms with Crippen LogP contribution < -0.4 is 9.88 Å². The van der Waals surface area contributed by atoms with Gasteiger partial charge in [0.15, 0.2) is 0 Å². The van der Waals surface area contributed by atoms with Gasteiger partial charge < -0.3 is 4.74 Å². The van der Waals surface area contributed by atoms with Crippen molar-refractivity contribution in [2.75, 3.05) is 0 Å². The van der Waals surface area contributed by atoms with E-state index in [0.29, 0.717) is 17.5 Å². The first-order valence-corrected chi connectivity index (χ1v) is 8.09. The van der Waals surface area contributed by atoms with Gasteiger partial charge in [0.05, 0.1) is 6.20 Å². The molecule has 0 amide bonds. The lowest BCUT2D eigenvalue weighted by Gasteiger charge is -2.12. The molecular weight excluding hydrogens is 288 g/mol. The summed E-state index contributed by atoms with van der Waals surface area (Å²) < 4.78 is 27.9. The largest absolute Gasteiger partial charge is 0.439 e. The highest BCUT2D eigenvalue weighted by Crippen LogP contribution is 2.26. The Morgan fingerprint density at radius 2 is 1.90 bits per heavy atom. The normalized spacial score (nSPS) is 11.7. The molecule has 1 aromatic heterocycles. The van der Waals surface area contributed by atoms with Crippen LogP contribution in [-0.4, -0.2) is 13.4 Å².